The number of carbonyl (C=O) groups is 2. The van der Waals surface area contributed by atoms with E-state index in [1.807, 2.05) is 6.92 Å². The summed E-state index contributed by atoms with van der Waals surface area (Å²) in [6.07, 6.45) is -9.02. The Hall–Kier alpha value is -4.02. The zero-order valence-corrected chi connectivity index (χ0v) is 20.8. The molecule has 0 saturated carbocycles. The minimum Gasteiger partial charge on any atom is -0.383 e. The normalized spacial score (nSPS) is 15.7. The molecule has 5 nitrogen and oxygen atoms in total. The molecule has 4 rings (SSSR count). The number of alkyl halides is 6. The third-order valence-corrected chi connectivity index (χ3v) is 6.54. The van der Waals surface area contributed by atoms with Crippen molar-refractivity contribution in [2.24, 2.45) is 5.41 Å². The number of hydrogen-bond acceptors (Lipinski definition) is 3. The van der Waals surface area contributed by atoms with Crippen molar-refractivity contribution in [1.29, 1.82) is 0 Å². The van der Waals surface area contributed by atoms with Crippen LogP contribution in [0.2, 0.25) is 0 Å². The maximum atomic E-state index is 14.1. The summed E-state index contributed by atoms with van der Waals surface area (Å²) in [5.74, 6) is -1.27. The maximum absolute atomic E-state index is 14.1. The molecule has 0 unspecified atom stereocenters. The van der Waals surface area contributed by atoms with Crippen molar-refractivity contribution in [3.05, 3.63) is 90.0 Å². The van der Waals surface area contributed by atoms with Gasteiger partial charge in [-0.1, -0.05) is 56.2 Å². The maximum Gasteiger partial charge on any atom is 0.416 e. The van der Waals surface area contributed by atoms with E-state index >= 15 is 0 Å². The van der Waals surface area contributed by atoms with E-state index in [2.05, 4.69) is 5.32 Å². The van der Waals surface area contributed by atoms with Crippen LogP contribution < -0.4 is 15.3 Å². The van der Waals surface area contributed by atoms with Gasteiger partial charge in [-0.25, -0.2) is 10.0 Å². The first-order valence-corrected chi connectivity index (χ1v) is 12.2. The molecule has 0 aliphatic carbocycles. The fourth-order valence-corrected chi connectivity index (χ4v) is 4.52. The first-order chi connectivity index (χ1) is 18.4. The van der Waals surface area contributed by atoms with Crippen LogP contribution in [0.3, 0.4) is 0 Å². The standard InChI is InChI=1S/C28H25F6N3O2/c1-2-3-14-26(18-35-21-16-19(27(29,30)31)15-20(17-21)28(32,33)34)24(38)36(22-10-6-4-7-11-22)37(25(26)39)23-12-8-5-9-13-23/h4-13,15-17,35H,2-3,14,18H2,1H3. The Bertz CT molecular complexity index is 1240. The second kappa shape index (κ2) is 10.6. The Balaban J connectivity index is 1.79. The molecular formula is C28H25F6N3O2. The van der Waals surface area contributed by atoms with Gasteiger partial charge in [0.25, 0.3) is 11.8 Å². The molecule has 2 amide bonds. The monoisotopic (exact) mass is 549 g/mol. The van der Waals surface area contributed by atoms with Gasteiger partial charge in [-0.05, 0) is 48.9 Å². The Kier molecular flexibility index (Phi) is 7.63. The van der Waals surface area contributed by atoms with Crippen molar-refractivity contribution < 1.29 is 35.9 Å². The molecule has 206 valence electrons. The fraction of sp³-hybridized carbons (Fsp3) is 0.286. The Labute approximate surface area is 221 Å². The number of hydrazine groups is 1. The van der Waals surface area contributed by atoms with E-state index < -0.39 is 52.9 Å². The van der Waals surface area contributed by atoms with Crippen LogP contribution >= 0.6 is 0 Å². The van der Waals surface area contributed by atoms with Crippen molar-refractivity contribution in [3.63, 3.8) is 0 Å². The molecule has 0 aromatic heterocycles. The molecule has 1 saturated heterocycles. The lowest BCUT2D eigenvalue weighted by atomic mass is 9.81. The molecule has 0 spiro atoms. The molecule has 3 aromatic rings. The van der Waals surface area contributed by atoms with Crippen molar-refractivity contribution in [1.82, 2.24) is 0 Å². The number of hydrogen-bond donors (Lipinski definition) is 1. The molecule has 0 bridgehead atoms. The smallest absolute Gasteiger partial charge is 0.383 e. The molecule has 1 N–H and O–H groups in total. The number of para-hydroxylation sites is 2. The van der Waals surface area contributed by atoms with Gasteiger partial charge in [0.05, 0.1) is 22.5 Å². The zero-order chi connectivity index (χ0) is 28.4. The second-order valence-corrected chi connectivity index (χ2v) is 9.24. The van der Waals surface area contributed by atoms with Crippen molar-refractivity contribution in [2.75, 3.05) is 21.9 Å². The van der Waals surface area contributed by atoms with Crippen LogP contribution in [0.15, 0.2) is 78.9 Å². The van der Waals surface area contributed by atoms with Crippen LogP contribution in [0.25, 0.3) is 0 Å². The van der Waals surface area contributed by atoms with E-state index in [0.29, 0.717) is 36.3 Å². The summed E-state index contributed by atoms with van der Waals surface area (Å²) in [5, 5.41) is 4.99. The molecule has 3 aromatic carbocycles. The lowest BCUT2D eigenvalue weighted by molar-refractivity contribution is -0.143. The number of anilines is 3. The van der Waals surface area contributed by atoms with Gasteiger partial charge < -0.3 is 5.32 Å². The highest BCUT2D eigenvalue weighted by Crippen LogP contribution is 2.43. The molecule has 1 fully saturated rings. The third kappa shape index (κ3) is 5.57. The van der Waals surface area contributed by atoms with Crippen LogP contribution in [0.1, 0.15) is 37.3 Å². The van der Waals surface area contributed by atoms with Crippen LogP contribution in [-0.4, -0.2) is 18.4 Å². The number of nitrogens with one attached hydrogen (secondary N) is 1. The van der Waals surface area contributed by atoms with E-state index in [1.54, 1.807) is 60.7 Å². The average molecular weight is 550 g/mol. The first-order valence-electron chi connectivity index (χ1n) is 12.2. The number of carbonyl (C=O) groups excluding carboxylic acids is 2. The largest absolute Gasteiger partial charge is 0.416 e. The molecule has 39 heavy (non-hydrogen) atoms. The van der Waals surface area contributed by atoms with Crippen LogP contribution in [0.5, 0.6) is 0 Å². The number of amides is 2. The highest BCUT2D eigenvalue weighted by molar-refractivity contribution is 6.26. The van der Waals surface area contributed by atoms with E-state index in [-0.39, 0.29) is 12.5 Å². The minimum absolute atomic E-state index is 0.0260. The SMILES string of the molecule is CCCCC1(CNc2cc(C(F)(F)F)cc(C(F)(F)F)c2)C(=O)N(c2ccccc2)N(c2ccccc2)C1=O. The number of unbranched alkanes of at least 4 members (excludes halogenated alkanes) is 1. The molecule has 0 radical (unpaired) electrons. The van der Waals surface area contributed by atoms with Crippen molar-refractivity contribution >= 4 is 28.9 Å². The highest BCUT2D eigenvalue weighted by atomic mass is 19.4. The molecular weight excluding hydrogens is 524 g/mol. The number of nitrogens with zero attached hydrogens (tertiary/aromatic N) is 2. The van der Waals surface area contributed by atoms with Gasteiger partial charge in [0.15, 0.2) is 0 Å². The molecule has 1 aliphatic heterocycles. The summed E-state index contributed by atoms with van der Waals surface area (Å²) >= 11 is 0. The van der Waals surface area contributed by atoms with Gasteiger partial charge in [0, 0.05) is 12.2 Å². The minimum atomic E-state index is -5.04. The van der Waals surface area contributed by atoms with Crippen LogP contribution in [-0.2, 0) is 21.9 Å². The average Bonchev–Trinajstić information content (AvgIpc) is 3.12. The number of benzene rings is 3. The summed E-state index contributed by atoms with van der Waals surface area (Å²) < 4.78 is 80.4. The van der Waals surface area contributed by atoms with Gasteiger partial charge in [-0.3, -0.25) is 9.59 Å². The Morgan fingerprint density at radius 3 is 1.54 bits per heavy atom. The van der Waals surface area contributed by atoms with Gasteiger partial charge >= 0.3 is 12.4 Å². The summed E-state index contributed by atoms with van der Waals surface area (Å²) in [6.45, 7) is 1.34. The topological polar surface area (TPSA) is 52.7 Å². The van der Waals surface area contributed by atoms with Crippen molar-refractivity contribution in [2.45, 2.75) is 38.5 Å². The molecule has 0 atom stereocenters. The quantitative estimate of drug-likeness (QED) is 0.237. The zero-order valence-electron chi connectivity index (χ0n) is 20.8. The number of rotatable bonds is 8. The van der Waals surface area contributed by atoms with Crippen molar-refractivity contribution in [3.8, 4) is 0 Å². The van der Waals surface area contributed by atoms with E-state index in [1.165, 1.54) is 10.0 Å². The van der Waals surface area contributed by atoms with Gasteiger partial charge in [0.1, 0.15) is 5.41 Å². The van der Waals surface area contributed by atoms with Crippen LogP contribution in [0, 0.1) is 5.41 Å². The predicted octanol–water partition coefficient (Wildman–Crippen LogP) is 7.31. The second-order valence-electron chi connectivity index (χ2n) is 9.24. The van der Waals surface area contributed by atoms with Gasteiger partial charge in [0.2, 0.25) is 0 Å². The van der Waals surface area contributed by atoms with E-state index in [0.717, 1.165) is 0 Å². The third-order valence-electron chi connectivity index (χ3n) is 6.54. The Morgan fingerprint density at radius 2 is 1.15 bits per heavy atom. The van der Waals surface area contributed by atoms with Crippen LogP contribution in [0.4, 0.5) is 43.4 Å². The predicted molar refractivity (Wildman–Crippen MR) is 135 cm³/mol. The lowest BCUT2D eigenvalue weighted by Crippen LogP contribution is -2.43. The molecule has 1 aliphatic rings. The van der Waals surface area contributed by atoms with Gasteiger partial charge in [-0.15, -0.1) is 0 Å². The summed E-state index contributed by atoms with van der Waals surface area (Å²) in [4.78, 5) is 28.1. The first kappa shape index (κ1) is 28.0. The Morgan fingerprint density at radius 1 is 0.718 bits per heavy atom. The summed E-state index contributed by atoms with van der Waals surface area (Å²) in [5.41, 5.74) is -4.51. The fourth-order valence-electron chi connectivity index (χ4n) is 4.52. The highest BCUT2D eigenvalue weighted by Gasteiger charge is 2.58. The molecule has 11 heteroatoms. The van der Waals surface area contributed by atoms with E-state index in [9.17, 15) is 35.9 Å². The number of halogens is 6. The van der Waals surface area contributed by atoms with Gasteiger partial charge in [-0.2, -0.15) is 26.3 Å². The molecule has 1 heterocycles. The lowest BCUT2D eigenvalue weighted by Gasteiger charge is -2.27. The van der Waals surface area contributed by atoms with E-state index in [4.69, 9.17) is 0 Å². The summed E-state index contributed by atoms with van der Waals surface area (Å²) in [7, 11) is 0. The summed E-state index contributed by atoms with van der Waals surface area (Å²) in [6, 6.07) is 17.8.